The van der Waals surface area contributed by atoms with Gasteiger partial charge in [0.1, 0.15) is 5.82 Å². The summed E-state index contributed by atoms with van der Waals surface area (Å²) in [6, 6.07) is 4.87. The zero-order valence-corrected chi connectivity index (χ0v) is 12.0. The van der Waals surface area contributed by atoms with Gasteiger partial charge in [-0.3, -0.25) is 0 Å². The molecule has 0 saturated heterocycles. The lowest BCUT2D eigenvalue weighted by Crippen LogP contribution is -2.27. The Bertz CT molecular complexity index is 399. The van der Waals surface area contributed by atoms with Gasteiger partial charge in [-0.2, -0.15) is 0 Å². The van der Waals surface area contributed by atoms with Gasteiger partial charge in [-0.15, -0.1) is 0 Å². The van der Waals surface area contributed by atoms with Crippen LogP contribution in [0.25, 0.3) is 0 Å². The van der Waals surface area contributed by atoms with Crippen LogP contribution < -0.4 is 5.32 Å². The Morgan fingerprint density at radius 3 is 2.65 bits per heavy atom. The summed E-state index contributed by atoms with van der Waals surface area (Å²) in [6.07, 6.45) is 2.67. The number of rotatable bonds is 5. The van der Waals surface area contributed by atoms with Gasteiger partial charge in [0.05, 0.1) is 0 Å². The summed E-state index contributed by atoms with van der Waals surface area (Å²) in [5.74, 6) is 0.549. The van der Waals surface area contributed by atoms with Crippen LogP contribution in [-0.4, -0.2) is 6.54 Å². The molecule has 2 rings (SSSR count). The van der Waals surface area contributed by atoms with Gasteiger partial charge in [0.2, 0.25) is 0 Å². The quantitative estimate of drug-likeness (QED) is 0.862. The molecule has 1 N–H and O–H groups in total. The third kappa shape index (κ3) is 3.08. The molecule has 0 bridgehead atoms. The van der Waals surface area contributed by atoms with Gasteiger partial charge in [-0.1, -0.05) is 35.8 Å². The van der Waals surface area contributed by atoms with Gasteiger partial charge in [0.25, 0.3) is 0 Å². The van der Waals surface area contributed by atoms with Crippen molar-refractivity contribution < 1.29 is 4.39 Å². The first-order valence-corrected chi connectivity index (χ1v) is 6.97. The maximum absolute atomic E-state index is 12.9. The first-order chi connectivity index (χ1) is 8.03. The van der Waals surface area contributed by atoms with Crippen LogP contribution in [0.15, 0.2) is 22.7 Å². The zero-order chi connectivity index (χ0) is 12.5. The van der Waals surface area contributed by atoms with Crippen molar-refractivity contribution >= 4 is 15.9 Å². The van der Waals surface area contributed by atoms with E-state index in [0.717, 1.165) is 29.0 Å². The Balaban J connectivity index is 1.86. The van der Waals surface area contributed by atoms with Crippen LogP contribution in [0.5, 0.6) is 0 Å². The Kier molecular flexibility index (Phi) is 3.88. The number of hydrogen-bond donors (Lipinski definition) is 1. The van der Waals surface area contributed by atoms with Crippen molar-refractivity contribution in [2.24, 2.45) is 11.3 Å². The summed E-state index contributed by atoms with van der Waals surface area (Å²) in [7, 11) is 0. The van der Waals surface area contributed by atoms with Gasteiger partial charge in [-0.05, 0) is 41.9 Å². The maximum atomic E-state index is 12.9. The van der Waals surface area contributed by atoms with E-state index in [9.17, 15) is 4.39 Å². The second-order valence-corrected chi connectivity index (χ2v) is 6.21. The molecule has 0 unspecified atom stereocenters. The average molecular weight is 300 g/mol. The molecule has 1 aliphatic carbocycles. The molecule has 0 aromatic heterocycles. The van der Waals surface area contributed by atoms with Crippen molar-refractivity contribution in [3.05, 3.63) is 34.1 Å². The van der Waals surface area contributed by atoms with Crippen LogP contribution in [0.4, 0.5) is 4.39 Å². The molecule has 0 radical (unpaired) electrons. The minimum absolute atomic E-state index is 0.193. The van der Waals surface area contributed by atoms with Gasteiger partial charge < -0.3 is 5.32 Å². The van der Waals surface area contributed by atoms with Crippen molar-refractivity contribution in [1.29, 1.82) is 0 Å². The fourth-order valence-corrected chi connectivity index (χ4v) is 2.72. The highest BCUT2D eigenvalue weighted by Crippen LogP contribution is 2.51. The average Bonchev–Trinajstić information content (AvgIpc) is 3.02. The predicted octanol–water partition coefficient (Wildman–Crippen LogP) is 4.11. The second kappa shape index (κ2) is 5.07. The molecular formula is C14H19BrFN. The van der Waals surface area contributed by atoms with Gasteiger partial charge >= 0.3 is 0 Å². The number of benzene rings is 1. The maximum Gasteiger partial charge on any atom is 0.124 e. The van der Waals surface area contributed by atoms with E-state index in [1.54, 1.807) is 0 Å². The van der Waals surface area contributed by atoms with E-state index in [2.05, 4.69) is 35.1 Å². The fourth-order valence-electron chi connectivity index (χ4n) is 2.23. The van der Waals surface area contributed by atoms with Crippen LogP contribution in [0.1, 0.15) is 32.3 Å². The fraction of sp³-hybridized carbons (Fsp3) is 0.571. The SMILES string of the molecule is CC(C)C1(CNCc2ccc(F)cc2Br)CC1. The van der Waals surface area contributed by atoms with Crippen molar-refractivity contribution in [1.82, 2.24) is 5.32 Å². The molecule has 3 heteroatoms. The zero-order valence-electron chi connectivity index (χ0n) is 10.4. The highest BCUT2D eigenvalue weighted by molar-refractivity contribution is 9.10. The topological polar surface area (TPSA) is 12.0 Å². The normalized spacial score (nSPS) is 17.5. The van der Waals surface area contributed by atoms with E-state index < -0.39 is 0 Å². The summed E-state index contributed by atoms with van der Waals surface area (Å²) < 4.78 is 13.8. The molecule has 1 aromatic rings. The predicted molar refractivity (Wildman–Crippen MR) is 72.3 cm³/mol. The van der Waals surface area contributed by atoms with Crippen LogP contribution in [0.3, 0.4) is 0 Å². The molecular weight excluding hydrogens is 281 g/mol. The molecule has 0 aliphatic heterocycles. The minimum atomic E-state index is -0.193. The van der Waals surface area contributed by atoms with Crippen LogP contribution in [-0.2, 0) is 6.54 Å². The molecule has 1 fully saturated rings. The number of halogens is 2. The van der Waals surface area contributed by atoms with E-state index in [-0.39, 0.29) is 5.82 Å². The Hall–Kier alpha value is -0.410. The highest BCUT2D eigenvalue weighted by atomic mass is 79.9. The van der Waals surface area contributed by atoms with Gasteiger partial charge in [0, 0.05) is 17.6 Å². The molecule has 17 heavy (non-hydrogen) atoms. The standard InChI is InChI=1S/C14H19BrFN/c1-10(2)14(5-6-14)9-17-8-11-3-4-12(16)7-13(11)15/h3-4,7,10,17H,5-6,8-9H2,1-2H3. The molecule has 0 amide bonds. The van der Waals surface area contributed by atoms with E-state index in [1.807, 2.05) is 6.07 Å². The molecule has 1 saturated carbocycles. The molecule has 1 aromatic carbocycles. The van der Waals surface area contributed by atoms with E-state index in [0.29, 0.717) is 5.41 Å². The number of nitrogens with one attached hydrogen (secondary N) is 1. The van der Waals surface area contributed by atoms with Crippen molar-refractivity contribution in [2.75, 3.05) is 6.54 Å². The third-order valence-corrected chi connectivity index (χ3v) is 4.66. The molecule has 94 valence electrons. The Labute approximate surface area is 111 Å². The van der Waals surface area contributed by atoms with E-state index in [4.69, 9.17) is 0 Å². The largest absolute Gasteiger partial charge is 0.312 e. The lowest BCUT2D eigenvalue weighted by atomic mass is 9.92. The second-order valence-electron chi connectivity index (χ2n) is 5.36. The van der Waals surface area contributed by atoms with Gasteiger partial charge in [0.15, 0.2) is 0 Å². The number of hydrogen-bond acceptors (Lipinski definition) is 1. The third-order valence-electron chi connectivity index (χ3n) is 3.92. The lowest BCUT2D eigenvalue weighted by Gasteiger charge is -2.20. The first kappa shape index (κ1) is 13.0. The summed E-state index contributed by atoms with van der Waals surface area (Å²) in [6.45, 7) is 6.45. The van der Waals surface area contributed by atoms with Crippen LogP contribution in [0, 0.1) is 17.2 Å². The molecule has 0 heterocycles. The van der Waals surface area contributed by atoms with Crippen molar-refractivity contribution in [3.63, 3.8) is 0 Å². The molecule has 1 aliphatic rings. The van der Waals surface area contributed by atoms with Crippen molar-refractivity contribution in [3.8, 4) is 0 Å². The Morgan fingerprint density at radius 2 is 2.12 bits per heavy atom. The van der Waals surface area contributed by atoms with Gasteiger partial charge in [-0.25, -0.2) is 4.39 Å². The van der Waals surface area contributed by atoms with E-state index in [1.165, 1.54) is 25.0 Å². The summed E-state index contributed by atoms with van der Waals surface area (Å²) in [5, 5.41) is 3.49. The highest BCUT2D eigenvalue weighted by Gasteiger charge is 2.44. The first-order valence-electron chi connectivity index (χ1n) is 6.18. The summed E-state index contributed by atoms with van der Waals surface area (Å²) in [5.41, 5.74) is 1.64. The lowest BCUT2D eigenvalue weighted by molar-refractivity contribution is 0.337. The Morgan fingerprint density at radius 1 is 1.41 bits per heavy atom. The monoisotopic (exact) mass is 299 g/mol. The molecule has 0 atom stereocenters. The van der Waals surface area contributed by atoms with E-state index >= 15 is 0 Å². The minimum Gasteiger partial charge on any atom is -0.312 e. The van der Waals surface area contributed by atoms with Crippen molar-refractivity contribution in [2.45, 2.75) is 33.2 Å². The molecule has 0 spiro atoms. The smallest absolute Gasteiger partial charge is 0.124 e. The summed E-state index contributed by atoms with van der Waals surface area (Å²) >= 11 is 3.39. The van der Waals surface area contributed by atoms with Crippen LogP contribution >= 0.6 is 15.9 Å². The van der Waals surface area contributed by atoms with Crippen LogP contribution in [0.2, 0.25) is 0 Å². The summed E-state index contributed by atoms with van der Waals surface area (Å²) in [4.78, 5) is 0. The molecule has 1 nitrogen and oxygen atoms in total.